The van der Waals surface area contributed by atoms with Crippen molar-refractivity contribution in [2.24, 2.45) is 10.9 Å². The van der Waals surface area contributed by atoms with Crippen molar-refractivity contribution < 1.29 is 9.53 Å². The number of aryl methyl sites for hydroxylation is 3. The standard InChI is InChI=1S/C18H31N5O2.HI/c1-5-25-17(24)16-7-11-22(12-8-16)18(19-4)20-9-6-10-23-15(3)13-14(2)21-23;/h13,16H,5-12H2,1-4H3,(H,19,20);1H. The summed E-state index contributed by atoms with van der Waals surface area (Å²) in [5.41, 5.74) is 2.26. The Hall–Kier alpha value is -1.32. The van der Waals surface area contributed by atoms with Gasteiger partial charge in [0.2, 0.25) is 0 Å². The van der Waals surface area contributed by atoms with Crippen LogP contribution in [0.4, 0.5) is 0 Å². The summed E-state index contributed by atoms with van der Waals surface area (Å²) in [5, 5.41) is 7.90. The zero-order valence-corrected chi connectivity index (χ0v) is 18.7. The first-order valence-electron chi connectivity index (χ1n) is 9.18. The average Bonchev–Trinajstić information content (AvgIpc) is 2.93. The van der Waals surface area contributed by atoms with Crippen LogP contribution in [0.2, 0.25) is 0 Å². The average molecular weight is 477 g/mol. The molecule has 0 aliphatic carbocycles. The number of halogens is 1. The van der Waals surface area contributed by atoms with E-state index in [1.807, 2.05) is 18.5 Å². The molecular weight excluding hydrogens is 445 g/mol. The van der Waals surface area contributed by atoms with Gasteiger partial charge in [0.1, 0.15) is 0 Å². The zero-order valence-electron chi connectivity index (χ0n) is 16.3. The summed E-state index contributed by atoms with van der Waals surface area (Å²) in [6.45, 7) is 9.82. The Morgan fingerprint density at radius 1 is 1.38 bits per heavy atom. The van der Waals surface area contributed by atoms with Gasteiger partial charge >= 0.3 is 5.97 Å². The van der Waals surface area contributed by atoms with Crippen molar-refractivity contribution in [1.29, 1.82) is 0 Å². The number of hydrogen-bond donors (Lipinski definition) is 1. The summed E-state index contributed by atoms with van der Waals surface area (Å²) in [6.07, 6.45) is 2.64. The van der Waals surface area contributed by atoms with Crippen LogP contribution in [-0.2, 0) is 16.1 Å². The molecular formula is C18H32IN5O2. The van der Waals surface area contributed by atoms with Crippen LogP contribution >= 0.6 is 24.0 Å². The quantitative estimate of drug-likeness (QED) is 0.224. The molecule has 26 heavy (non-hydrogen) atoms. The van der Waals surface area contributed by atoms with Crippen molar-refractivity contribution in [2.45, 2.75) is 46.6 Å². The van der Waals surface area contributed by atoms with Crippen LogP contribution in [-0.4, -0.2) is 59.9 Å². The molecule has 2 heterocycles. The molecule has 8 heteroatoms. The number of guanidine groups is 1. The number of carbonyl (C=O) groups is 1. The van der Waals surface area contributed by atoms with Crippen molar-refractivity contribution in [3.8, 4) is 0 Å². The predicted molar refractivity (Wildman–Crippen MR) is 114 cm³/mol. The highest BCUT2D eigenvalue weighted by atomic mass is 127. The molecule has 0 bridgehead atoms. The summed E-state index contributed by atoms with van der Waals surface area (Å²) in [5.74, 6) is 0.881. The highest BCUT2D eigenvalue weighted by Gasteiger charge is 2.27. The van der Waals surface area contributed by atoms with Gasteiger partial charge in [0.15, 0.2) is 5.96 Å². The van der Waals surface area contributed by atoms with E-state index >= 15 is 0 Å². The number of nitrogens with zero attached hydrogens (tertiary/aromatic N) is 4. The van der Waals surface area contributed by atoms with Crippen LogP contribution in [0.3, 0.4) is 0 Å². The fourth-order valence-electron chi connectivity index (χ4n) is 3.25. The highest BCUT2D eigenvalue weighted by molar-refractivity contribution is 14.0. The molecule has 7 nitrogen and oxygen atoms in total. The largest absolute Gasteiger partial charge is 0.466 e. The number of nitrogens with one attached hydrogen (secondary N) is 1. The van der Waals surface area contributed by atoms with Crippen molar-refractivity contribution in [3.63, 3.8) is 0 Å². The van der Waals surface area contributed by atoms with E-state index in [0.29, 0.717) is 6.61 Å². The van der Waals surface area contributed by atoms with Gasteiger partial charge < -0.3 is 15.0 Å². The molecule has 1 N–H and O–H groups in total. The van der Waals surface area contributed by atoms with Crippen molar-refractivity contribution in [1.82, 2.24) is 20.0 Å². The molecule has 1 aliphatic rings. The molecule has 0 spiro atoms. The molecule has 1 aromatic heterocycles. The maximum absolute atomic E-state index is 11.8. The Kier molecular flexibility index (Phi) is 9.97. The first-order chi connectivity index (χ1) is 12.0. The first kappa shape index (κ1) is 22.7. The second kappa shape index (κ2) is 11.4. The maximum atomic E-state index is 11.8. The van der Waals surface area contributed by atoms with Crippen LogP contribution in [0.1, 0.15) is 37.6 Å². The minimum absolute atomic E-state index is 0. The number of ether oxygens (including phenoxy) is 1. The van der Waals surface area contributed by atoms with Crippen molar-refractivity contribution in [2.75, 3.05) is 33.3 Å². The van der Waals surface area contributed by atoms with Gasteiger partial charge in [-0.1, -0.05) is 0 Å². The van der Waals surface area contributed by atoms with E-state index in [-0.39, 0.29) is 35.9 Å². The van der Waals surface area contributed by atoms with Gasteiger partial charge in [0.25, 0.3) is 0 Å². The first-order valence-corrected chi connectivity index (χ1v) is 9.18. The van der Waals surface area contributed by atoms with Crippen LogP contribution in [0, 0.1) is 19.8 Å². The van der Waals surface area contributed by atoms with Gasteiger partial charge in [0, 0.05) is 38.9 Å². The fourth-order valence-corrected chi connectivity index (χ4v) is 3.25. The summed E-state index contributed by atoms with van der Waals surface area (Å²) in [4.78, 5) is 18.4. The van der Waals surface area contributed by atoms with Crippen LogP contribution < -0.4 is 5.32 Å². The van der Waals surface area contributed by atoms with Crippen molar-refractivity contribution in [3.05, 3.63) is 17.5 Å². The van der Waals surface area contributed by atoms with E-state index in [0.717, 1.165) is 57.1 Å². The molecule has 148 valence electrons. The van der Waals surface area contributed by atoms with Gasteiger partial charge in [-0.15, -0.1) is 24.0 Å². The number of aliphatic imine (C=N–C) groups is 1. The van der Waals surface area contributed by atoms with E-state index in [1.54, 1.807) is 7.05 Å². The highest BCUT2D eigenvalue weighted by Crippen LogP contribution is 2.18. The van der Waals surface area contributed by atoms with Gasteiger partial charge in [-0.2, -0.15) is 5.10 Å². The lowest BCUT2D eigenvalue weighted by molar-refractivity contribution is -0.149. The molecule has 0 unspecified atom stereocenters. The number of piperidine rings is 1. The third-order valence-electron chi connectivity index (χ3n) is 4.56. The lowest BCUT2D eigenvalue weighted by Gasteiger charge is -2.33. The lowest BCUT2D eigenvalue weighted by Crippen LogP contribution is -2.47. The molecule has 0 aromatic carbocycles. The minimum atomic E-state index is -0.0602. The van der Waals surface area contributed by atoms with E-state index in [4.69, 9.17) is 4.74 Å². The molecule has 0 saturated carbocycles. The van der Waals surface area contributed by atoms with Crippen LogP contribution in [0.5, 0.6) is 0 Å². The monoisotopic (exact) mass is 477 g/mol. The molecule has 0 radical (unpaired) electrons. The summed E-state index contributed by atoms with van der Waals surface area (Å²) in [6, 6.07) is 2.10. The number of likely N-dealkylation sites (tertiary alicyclic amines) is 1. The number of carbonyl (C=O) groups excluding carboxylic acids is 1. The normalized spacial score (nSPS) is 15.5. The second-order valence-electron chi connectivity index (χ2n) is 6.49. The van der Waals surface area contributed by atoms with E-state index < -0.39 is 0 Å². The molecule has 1 fully saturated rings. The Morgan fingerprint density at radius 3 is 2.62 bits per heavy atom. The molecule has 1 aromatic rings. The van der Waals surface area contributed by atoms with E-state index in [2.05, 4.69) is 33.3 Å². The van der Waals surface area contributed by atoms with Gasteiger partial charge in [-0.3, -0.25) is 14.5 Å². The molecule has 0 amide bonds. The lowest BCUT2D eigenvalue weighted by atomic mass is 9.97. The minimum Gasteiger partial charge on any atom is -0.466 e. The zero-order chi connectivity index (χ0) is 18.2. The van der Waals surface area contributed by atoms with Gasteiger partial charge in [0.05, 0.1) is 18.2 Å². The summed E-state index contributed by atoms with van der Waals surface area (Å²) >= 11 is 0. The molecule has 1 saturated heterocycles. The second-order valence-corrected chi connectivity index (χ2v) is 6.49. The van der Waals surface area contributed by atoms with Gasteiger partial charge in [-0.05, 0) is 46.1 Å². The third-order valence-corrected chi connectivity index (χ3v) is 4.56. The third kappa shape index (κ3) is 6.44. The molecule has 0 atom stereocenters. The van der Waals surface area contributed by atoms with Crippen LogP contribution in [0.25, 0.3) is 0 Å². The van der Waals surface area contributed by atoms with Gasteiger partial charge in [-0.25, -0.2) is 0 Å². The topological polar surface area (TPSA) is 71.8 Å². The molecule has 2 rings (SSSR count). The Morgan fingerprint density at radius 2 is 2.08 bits per heavy atom. The number of hydrogen-bond acceptors (Lipinski definition) is 4. The number of esters is 1. The maximum Gasteiger partial charge on any atom is 0.309 e. The smallest absolute Gasteiger partial charge is 0.309 e. The number of rotatable bonds is 6. The van der Waals surface area contributed by atoms with E-state index in [1.165, 1.54) is 5.69 Å². The van der Waals surface area contributed by atoms with E-state index in [9.17, 15) is 4.79 Å². The predicted octanol–water partition coefficient (Wildman–Crippen LogP) is 2.36. The Balaban J connectivity index is 0.00000338. The SMILES string of the molecule is CCOC(=O)C1CCN(C(=NC)NCCCn2nc(C)cc2C)CC1.I. The van der Waals surface area contributed by atoms with Crippen LogP contribution in [0.15, 0.2) is 11.1 Å². The number of aromatic nitrogens is 2. The molecule has 1 aliphatic heterocycles. The Bertz CT molecular complexity index is 594. The van der Waals surface area contributed by atoms with Crippen molar-refractivity contribution >= 4 is 35.9 Å². The summed E-state index contributed by atoms with van der Waals surface area (Å²) in [7, 11) is 1.81. The Labute approximate surface area is 173 Å². The fraction of sp³-hybridized carbons (Fsp3) is 0.722. The summed E-state index contributed by atoms with van der Waals surface area (Å²) < 4.78 is 7.17.